The summed E-state index contributed by atoms with van der Waals surface area (Å²) in [5.74, 6) is -0.0952. The second-order valence-electron chi connectivity index (χ2n) is 8.38. The van der Waals surface area contributed by atoms with E-state index in [1.54, 1.807) is 20.8 Å². The number of benzene rings is 1. The molecule has 0 radical (unpaired) electrons. The van der Waals surface area contributed by atoms with Crippen LogP contribution in [0.4, 0.5) is 13.6 Å². The summed E-state index contributed by atoms with van der Waals surface area (Å²) in [6.45, 7) is 2.37. The van der Waals surface area contributed by atoms with Crippen molar-refractivity contribution in [1.82, 2.24) is 9.62 Å². The van der Waals surface area contributed by atoms with Crippen LogP contribution >= 0.6 is 0 Å². The number of rotatable bonds is 5. The Balaban J connectivity index is 1.69. The molecular weight excluding hydrogens is 406 g/mol. The Kier molecular flexibility index (Phi) is 6.05. The summed E-state index contributed by atoms with van der Waals surface area (Å²) in [5.41, 5.74) is -0.604. The number of nitrogens with zero attached hydrogens (tertiary/aromatic N) is 1. The minimum absolute atomic E-state index is 0.0366. The zero-order chi connectivity index (χ0) is 21.4. The fraction of sp³-hybridized carbons (Fsp3) is 0.632. The van der Waals surface area contributed by atoms with Crippen LogP contribution in [0.3, 0.4) is 0 Å². The number of fused-ring (bicyclic) bond motifs is 2. The number of halogens is 2. The van der Waals surface area contributed by atoms with E-state index in [4.69, 9.17) is 4.74 Å². The third kappa shape index (κ3) is 5.16. The molecule has 1 N–H and O–H groups in total. The summed E-state index contributed by atoms with van der Waals surface area (Å²) < 4.78 is 61.9. The van der Waals surface area contributed by atoms with Gasteiger partial charge >= 0.3 is 12.7 Å². The highest BCUT2D eigenvalue weighted by Gasteiger charge is 2.47. The predicted molar refractivity (Wildman–Crippen MR) is 101 cm³/mol. The van der Waals surface area contributed by atoms with E-state index in [2.05, 4.69) is 10.1 Å². The standard InChI is InChI=1S/C19H26F2N2O5S/c1-19(2,3)28-18(24)22-12-10-13-4-5-14(11-12)23(13)29(25,26)16-8-6-15(7-9-16)27-17(20)21/h6-9,12-14,17H,4-5,10-11H2,1-3H3,(H,22,24). The van der Waals surface area contributed by atoms with Gasteiger partial charge in [-0.1, -0.05) is 0 Å². The highest BCUT2D eigenvalue weighted by Crippen LogP contribution is 2.40. The third-order valence-corrected chi connectivity index (χ3v) is 7.03. The molecule has 29 heavy (non-hydrogen) atoms. The Morgan fingerprint density at radius 2 is 1.69 bits per heavy atom. The summed E-state index contributed by atoms with van der Waals surface area (Å²) >= 11 is 0. The minimum Gasteiger partial charge on any atom is -0.444 e. The van der Waals surface area contributed by atoms with Crippen molar-refractivity contribution in [2.75, 3.05) is 0 Å². The van der Waals surface area contributed by atoms with Crippen LogP contribution in [0.15, 0.2) is 29.2 Å². The maximum Gasteiger partial charge on any atom is 0.407 e. The molecule has 7 nitrogen and oxygen atoms in total. The van der Waals surface area contributed by atoms with Crippen LogP contribution in [0.2, 0.25) is 0 Å². The van der Waals surface area contributed by atoms with Crippen molar-refractivity contribution in [3.8, 4) is 5.75 Å². The molecule has 162 valence electrons. The third-order valence-electron chi connectivity index (χ3n) is 5.01. The number of alkyl carbamates (subject to hydrolysis) is 1. The van der Waals surface area contributed by atoms with E-state index >= 15 is 0 Å². The Labute approximate surface area is 169 Å². The maximum atomic E-state index is 13.1. The average molecular weight is 432 g/mol. The molecule has 2 atom stereocenters. The van der Waals surface area contributed by atoms with Gasteiger partial charge in [0.25, 0.3) is 0 Å². The van der Waals surface area contributed by atoms with Crippen LogP contribution in [-0.2, 0) is 14.8 Å². The summed E-state index contributed by atoms with van der Waals surface area (Å²) in [4.78, 5) is 12.1. The summed E-state index contributed by atoms with van der Waals surface area (Å²) in [5, 5.41) is 2.84. The van der Waals surface area contributed by atoms with Gasteiger partial charge in [0.05, 0.1) is 4.90 Å². The number of ether oxygens (including phenoxy) is 2. The van der Waals surface area contributed by atoms with Crippen LogP contribution in [0.5, 0.6) is 5.75 Å². The first-order valence-corrected chi connectivity index (χ1v) is 11.0. The number of amides is 1. The fourth-order valence-corrected chi connectivity index (χ4v) is 5.92. The fourth-order valence-electron chi connectivity index (χ4n) is 4.03. The molecular formula is C19H26F2N2O5S. The van der Waals surface area contributed by atoms with Gasteiger partial charge in [-0.05, 0) is 70.7 Å². The van der Waals surface area contributed by atoms with Crippen molar-refractivity contribution >= 4 is 16.1 Å². The Morgan fingerprint density at radius 3 is 2.17 bits per heavy atom. The molecule has 1 aromatic carbocycles. The lowest BCUT2D eigenvalue weighted by Crippen LogP contribution is -2.52. The van der Waals surface area contributed by atoms with Gasteiger partial charge in [-0.2, -0.15) is 13.1 Å². The van der Waals surface area contributed by atoms with Crippen molar-refractivity contribution < 1.29 is 31.5 Å². The van der Waals surface area contributed by atoms with E-state index in [0.29, 0.717) is 25.7 Å². The van der Waals surface area contributed by atoms with Gasteiger partial charge in [0.15, 0.2) is 0 Å². The Morgan fingerprint density at radius 1 is 1.14 bits per heavy atom. The van der Waals surface area contributed by atoms with Crippen LogP contribution in [0, 0.1) is 0 Å². The quantitative estimate of drug-likeness (QED) is 0.770. The van der Waals surface area contributed by atoms with Crippen LogP contribution in [0.25, 0.3) is 0 Å². The molecule has 2 fully saturated rings. The van der Waals surface area contributed by atoms with Crippen LogP contribution in [0.1, 0.15) is 46.5 Å². The number of nitrogens with one attached hydrogen (secondary N) is 1. The Hall–Kier alpha value is -1.94. The largest absolute Gasteiger partial charge is 0.444 e. The Bertz CT molecular complexity index is 825. The molecule has 2 bridgehead atoms. The SMILES string of the molecule is CC(C)(C)OC(=O)NC1CC2CCC(C1)N2S(=O)(=O)c1ccc(OC(F)F)cc1. The van der Waals surface area contributed by atoms with Gasteiger partial charge in [-0.25, -0.2) is 13.2 Å². The topological polar surface area (TPSA) is 84.9 Å². The lowest BCUT2D eigenvalue weighted by Gasteiger charge is -2.38. The maximum absolute atomic E-state index is 13.1. The second-order valence-corrected chi connectivity index (χ2v) is 10.2. The first-order valence-electron chi connectivity index (χ1n) is 9.53. The first kappa shape index (κ1) is 21.8. The molecule has 0 spiro atoms. The summed E-state index contributed by atoms with van der Waals surface area (Å²) in [6, 6.07) is 4.38. The number of carbonyl (C=O) groups is 1. The molecule has 0 saturated carbocycles. The smallest absolute Gasteiger partial charge is 0.407 e. The number of sulfonamides is 1. The molecule has 1 amide bonds. The number of hydrogen-bond donors (Lipinski definition) is 1. The molecule has 2 heterocycles. The van der Waals surface area contributed by atoms with Crippen molar-refractivity contribution in [3.63, 3.8) is 0 Å². The molecule has 2 aliphatic rings. The van der Waals surface area contributed by atoms with Crippen molar-refractivity contribution in [2.45, 2.75) is 81.7 Å². The highest BCUT2D eigenvalue weighted by molar-refractivity contribution is 7.89. The zero-order valence-corrected chi connectivity index (χ0v) is 17.4. The molecule has 0 aliphatic carbocycles. The van der Waals surface area contributed by atoms with Gasteiger partial charge in [-0.3, -0.25) is 0 Å². The lowest BCUT2D eigenvalue weighted by molar-refractivity contribution is -0.0498. The zero-order valence-electron chi connectivity index (χ0n) is 16.6. The number of piperidine rings is 1. The number of carbonyl (C=O) groups excluding carboxylic acids is 1. The van der Waals surface area contributed by atoms with Crippen molar-refractivity contribution in [3.05, 3.63) is 24.3 Å². The summed E-state index contributed by atoms with van der Waals surface area (Å²) in [6.07, 6.45) is 1.92. The predicted octanol–water partition coefficient (Wildman–Crippen LogP) is 3.50. The molecule has 3 rings (SSSR count). The average Bonchev–Trinajstić information content (AvgIpc) is 2.85. The normalized spacial score (nSPS) is 25.1. The van der Waals surface area contributed by atoms with Crippen LogP contribution in [-0.4, -0.2) is 49.2 Å². The monoisotopic (exact) mass is 432 g/mol. The molecule has 0 aromatic heterocycles. The van der Waals surface area contributed by atoms with Gasteiger partial charge in [0.2, 0.25) is 10.0 Å². The van der Waals surface area contributed by atoms with E-state index < -0.39 is 28.3 Å². The van der Waals surface area contributed by atoms with Gasteiger partial charge in [0, 0.05) is 18.1 Å². The van der Waals surface area contributed by atoms with E-state index in [9.17, 15) is 22.0 Å². The van der Waals surface area contributed by atoms with Crippen molar-refractivity contribution in [2.24, 2.45) is 0 Å². The molecule has 2 aliphatic heterocycles. The summed E-state index contributed by atoms with van der Waals surface area (Å²) in [7, 11) is -3.78. The van der Waals surface area contributed by atoms with E-state index in [1.807, 2.05) is 0 Å². The van der Waals surface area contributed by atoms with Gasteiger partial charge in [-0.15, -0.1) is 0 Å². The van der Waals surface area contributed by atoms with Crippen molar-refractivity contribution in [1.29, 1.82) is 0 Å². The van der Waals surface area contributed by atoms with E-state index in [0.717, 1.165) is 0 Å². The van der Waals surface area contributed by atoms with Crippen LogP contribution < -0.4 is 10.1 Å². The molecule has 1 aromatic rings. The molecule has 2 unspecified atom stereocenters. The lowest BCUT2D eigenvalue weighted by atomic mass is 10.00. The van der Waals surface area contributed by atoms with Gasteiger partial charge < -0.3 is 14.8 Å². The van der Waals surface area contributed by atoms with E-state index in [1.165, 1.54) is 28.6 Å². The van der Waals surface area contributed by atoms with Gasteiger partial charge in [0.1, 0.15) is 11.4 Å². The molecule has 10 heteroatoms. The second kappa shape index (κ2) is 8.06. The number of alkyl halides is 2. The van der Waals surface area contributed by atoms with E-state index in [-0.39, 0.29) is 28.8 Å². The molecule has 2 saturated heterocycles. The first-order chi connectivity index (χ1) is 13.5. The number of hydrogen-bond acceptors (Lipinski definition) is 5. The minimum atomic E-state index is -3.78. The highest BCUT2D eigenvalue weighted by atomic mass is 32.2.